The van der Waals surface area contributed by atoms with Crippen molar-refractivity contribution in [3.05, 3.63) is 18.2 Å². The van der Waals surface area contributed by atoms with E-state index < -0.39 is 0 Å². The van der Waals surface area contributed by atoms with E-state index in [1.165, 1.54) is 0 Å². The van der Waals surface area contributed by atoms with Crippen LogP contribution in [0.2, 0.25) is 0 Å². The van der Waals surface area contributed by atoms with E-state index in [4.69, 9.17) is 0 Å². The van der Waals surface area contributed by atoms with Crippen molar-refractivity contribution in [2.75, 3.05) is 6.67 Å². The molecule has 1 aromatic heterocycles. The number of nitrogens with zero attached hydrogens (tertiary/aromatic N) is 1. The highest BCUT2D eigenvalue weighted by atomic mass is 19.1. The van der Waals surface area contributed by atoms with Gasteiger partial charge in [0.05, 0.1) is 6.67 Å². The van der Waals surface area contributed by atoms with Crippen LogP contribution in [0.15, 0.2) is 12.4 Å². The van der Waals surface area contributed by atoms with Gasteiger partial charge in [0, 0.05) is 18.8 Å². The fraction of sp³-hybridized carbons (Fsp3) is 0.625. The van der Waals surface area contributed by atoms with Gasteiger partial charge in [-0.15, -0.1) is 0 Å². The van der Waals surface area contributed by atoms with Gasteiger partial charge in [0.2, 0.25) is 0 Å². The van der Waals surface area contributed by atoms with E-state index in [1.807, 2.05) is 6.20 Å². The van der Waals surface area contributed by atoms with Crippen LogP contribution >= 0.6 is 0 Å². The largest absolute Gasteiger partial charge is 0.349 e. The monoisotopic (exact) mass is 156 g/mol. The molecule has 0 bridgehead atoms. The molecule has 0 fully saturated rings. The maximum absolute atomic E-state index is 11.6. The second-order valence-electron chi connectivity index (χ2n) is 2.54. The second kappa shape index (κ2) is 4.88. The lowest BCUT2D eigenvalue weighted by molar-refractivity contribution is 0.455. The molecule has 1 heterocycles. The summed E-state index contributed by atoms with van der Waals surface area (Å²) in [4.78, 5) is 7.07. The zero-order chi connectivity index (χ0) is 7.94. The van der Waals surface area contributed by atoms with E-state index in [-0.39, 0.29) is 6.67 Å². The molecule has 0 amide bonds. The van der Waals surface area contributed by atoms with Crippen LogP contribution in [0.1, 0.15) is 25.1 Å². The number of rotatable bonds is 5. The first-order valence-electron chi connectivity index (χ1n) is 3.97. The Kier molecular flexibility index (Phi) is 3.65. The van der Waals surface area contributed by atoms with E-state index in [2.05, 4.69) is 9.97 Å². The SMILES string of the molecule is FCCCCCc1ncc[nH]1. The lowest BCUT2D eigenvalue weighted by Crippen LogP contribution is -1.88. The molecule has 11 heavy (non-hydrogen) atoms. The molecule has 3 heteroatoms. The van der Waals surface area contributed by atoms with Crippen LogP contribution in [-0.4, -0.2) is 16.6 Å². The number of aryl methyl sites for hydroxylation is 1. The standard InChI is InChI=1S/C8H13FN2/c9-5-3-1-2-4-8-10-6-7-11-8/h6-7H,1-5H2,(H,10,11). The van der Waals surface area contributed by atoms with Gasteiger partial charge in [-0.3, -0.25) is 4.39 Å². The average Bonchev–Trinajstić information content (AvgIpc) is 2.50. The smallest absolute Gasteiger partial charge is 0.105 e. The highest BCUT2D eigenvalue weighted by Gasteiger charge is 1.93. The van der Waals surface area contributed by atoms with E-state index >= 15 is 0 Å². The number of H-pyrrole nitrogens is 1. The summed E-state index contributed by atoms with van der Waals surface area (Å²) in [5.41, 5.74) is 0. The molecule has 1 rings (SSSR count). The van der Waals surface area contributed by atoms with E-state index in [0.717, 1.165) is 25.1 Å². The van der Waals surface area contributed by atoms with Crippen molar-refractivity contribution in [3.8, 4) is 0 Å². The van der Waals surface area contributed by atoms with Gasteiger partial charge < -0.3 is 4.98 Å². The molecule has 1 N–H and O–H groups in total. The summed E-state index contributed by atoms with van der Waals surface area (Å²) in [5, 5.41) is 0. The van der Waals surface area contributed by atoms with Crippen molar-refractivity contribution < 1.29 is 4.39 Å². The predicted molar refractivity (Wildman–Crippen MR) is 42.1 cm³/mol. The van der Waals surface area contributed by atoms with Crippen LogP contribution in [0.25, 0.3) is 0 Å². The van der Waals surface area contributed by atoms with Crippen LogP contribution < -0.4 is 0 Å². The summed E-state index contributed by atoms with van der Waals surface area (Å²) in [6, 6.07) is 0. The van der Waals surface area contributed by atoms with Crippen molar-refractivity contribution in [3.63, 3.8) is 0 Å². The fourth-order valence-corrected chi connectivity index (χ4v) is 0.998. The third kappa shape index (κ3) is 3.16. The van der Waals surface area contributed by atoms with Crippen LogP contribution in [0.4, 0.5) is 4.39 Å². The summed E-state index contributed by atoms with van der Waals surface area (Å²) in [6.07, 6.45) is 7.15. The molecule has 0 radical (unpaired) electrons. The van der Waals surface area contributed by atoms with Gasteiger partial charge in [-0.05, 0) is 12.8 Å². The molecule has 0 unspecified atom stereocenters. The average molecular weight is 156 g/mol. The third-order valence-corrected chi connectivity index (χ3v) is 1.60. The number of nitrogens with one attached hydrogen (secondary N) is 1. The predicted octanol–water partition coefficient (Wildman–Crippen LogP) is 2.09. The molecule has 62 valence electrons. The Balaban J connectivity index is 2.04. The Hall–Kier alpha value is -0.860. The first-order chi connectivity index (χ1) is 5.43. The Labute approximate surface area is 65.9 Å². The number of halogens is 1. The van der Waals surface area contributed by atoms with Crippen molar-refractivity contribution in [2.24, 2.45) is 0 Å². The van der Waals surface area contributed by atoms with Gasteiger partial charge >= 0.3 is 0 Å². The summed E-state index contributed by atoms with van der Waals surface area (Å²) in [7, 11) is 0. The first-order valence-corrected chi connectivity index (χ1v) is 3.97. The van der Waals surface area contributed by atoms with Crippen molar-refractivity contribution in [1.82, 2.24) is 9.97 Å². The molecule has 0 aliphatic heterocycles. The Morgan fingerprint density at radius 3 is 2.91 bits per heavy atom. The lowest BCUT2D eigenvalue weighted by atomic mass is 10.2. The van der Waals surface area contributed by atoms with Crippen LogP contribution in [-0.2, 0) is 6.42 Å². The summed E-state index contributed by atoms with van der Waals surface area (Å²) in [6.45, 7) is -0.196. The molecule has 0 aliphatic rings. The Morgan fingerprint density at radius 2 is 2.27 bits per heavy atom. The molecule has 0 spiro atoms. The van der Waals surface area contributed by atoms with Gasteiger partial charge in [-0.1, -0.05) is 6.42 Å². The molecule has 2 nitrogen and oxygen atoms in total. The van der Waals surface area contributed by atoms with Crippen molar-refractivity contribution >= 4 is 0 Å². The molecule has 0 atom stereocenters. The lowest BCUT2D eigenvalue weighted by Gasteiger charge is -1.94. The van der Waals surface area contributed by atoms with Crippen LogP contribution in [0, 0.1) is 0 Å². The first kappa shape index (κ1) is 8.24. The quantitative estimate of drug-likeness (QED) is 0.650. The molecule has 0 saturated heterocycles. The summed E-state index contributed by atoms with van der Waals surface area (Å²) in [5.74, 6) is 1.00. The van der Waals surface area contributed by atoms with Gasteiger partial charge in [-0.2, -0.15) is 0 Å². The van der Waals surface area contributed by atoms with E-state index in [0.29, 0.717) is 6.42 Å². The van der Waals surface area contributed by atoms with Crippen molar-refractivity contribution in [1.29, 1.82) is 0 Å². The van der Waals surface area contributed by atoms with Gasteiger partial charge in [0.1, 0.15) is 5.82 Å². The van der Waals surface area contributed by atoms with Gasteiger partial charge in [0.15, 0.2) is 0 Å². The number of unbranched alkanes of at least 4 members (excludes halogenated alkanes) is 2. The summed E-state index contributed by atoms with van der Waals surface area (Å²) >= 11 is 0. The van der Waals surface area contributed by atoms with Crippen LogP contribution in [0.5, 0.6) is 0 Å². The van der Waals surface area contributed by atoms with E-state index in [9.17, 15) is 4.39 Å². The number of imidazole rings is 1. The van der Waals surface area contributed by atoms with Gasteiger partial charge in [-0.25, -0.2) is 4.98 Å². The Morgan fingerprint density at radius 1 is 1.36 bits per heavy atom. The minimum atomic E-state index is -0.196. The van der Waals surface area contributed by atoms with Crippen LogP contribution in [0.3, 0.4) is 0 Å². The fourth-order valence-electron chi connectivity index (χ4n) is 0.998. The minimum absolute atomic E-state index is 0.196. The maximum Gasteiger partial charge on any atom is 0.105 e. The molecule has 0 saturated carbocycles. The molecular weight excluding hydrogens is 143 g/mol. The second-order valence-corrected chi connectivity index (χ2v) is 2.54. The molecule has 0 aliphatic carbocycles. The zero-order valence-electron chi connectivity index (χ0n) is 6.52. The number of alkyl halides is 1. The molecule has 1 aromatic rings. The normalized spacial score (nSPS) is 10.3. The number of aromatic amines is 1. The maximum atomic E-state index is 11.6. The molecule has 0 aromatic carbocycles. The van der Waals surface area contributed by atoms with E-state index in [1.54, 1.807) is 6.20 Å². The zero-order valence-corrected chi connectivity index (χ0v) is 6.52. The topological polar surface area (TPSA) is 28.7 Å². The third-order valence-electron chi connectivity index (χ3n) is 1.60. The number of hydrogen-bond donors (Lipinski definition) is 1. The Bertz CT molecular complexity index is 172. The highest BCUT2D eigenvalue weighted by molar-refractivity contribution is 4.86. The summed E-state index contributed by atoms with van der Waals surface area (Å²) < 4.78 is 11.6. The highest BCUT2D eigenvalue weighted by Crippen LogP contribution is 2.01. The number of hydrogen-bond acceptors (Lipinski definition) is 1. The number of aromatic nitrogens is 2. The molecular formula is C8H13FN2. The minimum Gasteiger partial charge on any atom is -0.349 e. The van der Waals surface area contributed by atoms with Gasteiger partial charge in [0.25, 0.3) is 0 Å². The van der Waals surface area contributed by atoms with Crippen molar-refractivity contribution in [2.45, 2.75) is 25.7 Å².